The van der Waals surface area contributed by atoms with Gasteiger partial charge in [0.05, 0.1) is 0 Å². The maximum atomic E-state index is 11.3. The van der Waals surface area contributed by atoms with Crippen LogP contribution in [0.5, 0.6) is 5.75 Å². The van der Waals surface area contributed by atoms with E-state index in [4.69, 9.17) is 9.15 Å². The molecule has 92 valence electrons. The number of benzene rings is 2. The molecule has 0 unspecified atom stereocenters. The minimum absolute atomic E-state index is 0.336. The van der Waals surface area contributed by atoms with Crippen LogP contribution in [0.15, 0.2) is 57.7 Å². The van der Waals surface area contributed by atoms with Gasteiger partial charge in [0.2, 0.25) is 0 Å². The Hall–Kier alpha value is -2.55. The van der Waals surface area contributed by atoms with E-state index in [9.17, 15) is 4.79 Å². The Morgan fingerprint density at radius 1 is 0.947 bits per heavy atom. The number of rotatable bonds is 0. The van der Waals surface area contributed by atoms with Crippen molar-refractivity contribution in [1.82, 2.24) is 0 Å². The molecule has 0 bridgehead atoms. The quantitative estimate of drug-likeness (QED) is 0.574. The predicted molar refractivity (Wildman–Crippen MR) is 72.3 cm³/mol. The summed E-state index contributed by atoms with van der Waals surface area (Å²) in [4.78, 5) is 11.3. The van der Waals surface area contributed by atoms with Crippen molar-refractivity contribution in [2.75, 3.05) is 0 Å². The van der Waals surface area contributed by atoms with Gasteiger partial charge in [-0.25, -0.2) is 4.79 Å². The molecular weight excluding hydrogens is 240 g/mol. The zero-order valence-electron chi connectivity index (χ0n) is 10.1. The second kappa shape index (κ2) is 3.72. The Bertz CT molecular complexity index is 846. The number of fused-ring (bicyclic) bond motifs is 4. The molecule has 0 aliphatic carbocycles. The van der Waals surface area contributed by atoms with Crippen molar-refractivity contribution in [1.29, 1.82) is 0 Å². The van der Waals surface area contributed by atoms with E-state index in [1.54, 1.807) is 6.07 Å². The van der Waals surface area contributed by atoms with E-state index in [2.05, 4.69) is 6.07 Å². The van der Waals surface area contributed by atoms with Crippen LogP contribution in [0.2, 0.25) is 0 Å². The summed E-state index contributed by atoms with van der Waals surface area (Å²) in [5.74, 6) is 0.833. The third-order valence-corrected chi connectivity index (χ3v) is 3.41. The summed E-state index contributed by atoms with van der Waals surface area (Å²) in [7, 11) is 0. The van der Waals surface area contributed by atoms with Gasteiger partial charge in [-0.05, 0) is 29.3 Å². The van der Waals surface area contributed by atoms with E-state index in [0.29, 0.717) is 12.2 Å². The summed E-state index contributed by atoms with van der Waals surface area (Å²) in [5.41, 5.74) is 3.51. The lowest BCUT2D eigenvalue weighted by molar-refractivity contribution is 0.302. The maximum Gasteiger partial charge on any atom is 0.336 e. The van der Waals surface area contributed by atoms with Crippen LogP contribution in [0.25, 0.3) is 22.1 Å². The zero-order valence-corrected chi connectivity index (χ0v) is 10.1. The molecule has 0 saturated carbocycles. The molecule has 1 aliphatic rings. The smallest absolute Gasteiger partial charge is 0.336 e. The average molecular weight is 250 g/mol. The van der Waals surface area contributed by atoms with Crippen LogP contribution in [-0.2, 0) is 6.61 Å². The highest BCUT2D eigenvalue weighted by atomic mass is 16.5. The van der Waals surface area contributed by atoms with Gasteiger partial charge < -0.3 is 9.15 Å². The molecular formula is C16H10O3. The van der Waals surface area contributed by atoms with E-state index >= 15 is 0 Å². The molecule has 2 heterocycles. The summed E-state index contributed by atoms with van der Waals surface area (Å²) in [6.07, 6.45) is 0. The van der Waals surface area contributed by atoms with Crippen LogP contribution in [0.3, 0.4) is 0 Å². The fraction of sp³-hybridized carbons (Fsp3) is 0.0625. The minimum atomic E-state index is -0.336. The van der Waals surface area contributed by atoms with Crippen LogP contribution >= 0.6 is 0 Å². The van der Waals surface area contributed by atoms with E-state index in [1.807, 2.05) is 30.3 Å². The first kappa shape index (κ1) is 10.4. The highest BCUT2D eigenvalue weighted by molar-refractivity contribution is 5.88. The normalized spacial score (nSPS) is 12.6. The van der Waals surface area contributed by atoms with Gasteiger partial charge in [-0.3, -0.25) is 0 Å². The maximum absolute atomic E-state index is 11.3. The first-order chi connectivity index (χ1) is 9.31. The monoisotopic (exact) mass is 250 g/mol. The van der Waals surface area contributed by atoms with E-state index < -0.39 is 0 Å². The Labute approximate surface area is 109 Å². The van der Waals surface area contributed by atoms with E-state index in [0.717, 1.165) is 27.8 Å². The van der Waals surface area contributed by atoms with Crippen molar-refractivity contribution in [3.05, 3.63) is 64.5 Å². The SMILES string of the molecule is O=c1ccc2cc3c(cc2o1)-c1ccccc1CO3. The lowest BCUT2D eigenvalue weighted by Crippen LogP contribution is -2.05. The average Bonchev–Trinajstić information content (AvgIpc) is 2.45. The lowest BCUT2D eigenvalue weighted by Gasteiger charge is -2.20. The third kappa shape index (κ3) is 1.55. The molecule has 19 heavy (non-hydrogen) atoms. The standard InChI is InChI=1S/C16H10O3/c17-16-6-5-10-7-15-13(8-14(10)19-16)12-4-2-1-3-11(12)9-18-15/h1-8H,9H2. The third-order valence-electron chi connectivity index (χ3n) is 3.41. The van der Waals surface area contributed by atoms with Crippen LogP contribution in [-0.4, -0.2) is 0 Å². The molecule has 0 amide bonds. The second-order valence-electron chi connectivity index (χ2n) is 4.59. The molecule has 1 aromatic heterocycles. The summed E-state index contributed by atoms with van der Waals surface area (Å²) in [5, 5.41) is 0.873. The van der Waals surface area contributed by atoms with Crippen LogP contribution < -0.4 is 10.4 Å². The van der Waals surface area contributed by atoms with Gasteiger partial charge >= 0.3 is 5.63 Å². The van der Waals surface area contributed by atoms with Crippen molar-refractivity contribution >= 4 is 11.0 Å². The van der Waals surface area contributed by atoms with E-state index in [-0.39, 0.29) is 5.63 Å². The molecule has 3 heteroatoms. The summed E-state index contributed by atoms with van der Waals surface area (Å²) in [6.45, 7) is 0.575. The predicted octanol–water partition coefficient (Wildman–Crippen LogP) is 3.35. The lowest BCUT2D eigenvalue weighted by atomic mass is 9.96. The van der Waals surface area contributed by atoms with Gasteiger partial charge in [0, 0.05) is 17.0 Å². The Kier molecular flexibility index (Phi) is 2.03. The number of hydrogen-bond acceptors (Lipinski definition) is 3. The van der Waals surface area contributed by atoms with Gasteiger partial charge in [0.15, 0.2) is 0 Å². The van der Waals surface area contributed by atoms with Crippen molar-refractivity contribution in [2.24, 2.45) is 0 Å². The molecule has 0 fully saturated rings. The van der Waals surface area contributed by atoms with Gasteiger partial charge in [-0.1, -0.05) is 24.3 Å². The van der Waals surface area contributed by atoms with Crippen molar-refractivity contribution in [3.8, 4) is 16.9 Å². The van der Waals surface area contributed by atoms with Crippen LogP contribution in [0, 0.1) is 0 Å². The molecule has 3 aromatic rings. The molecule has 2 aromatic carbocycles. The first-order valence-electron chi connectivity index (χ1n) is 6.10. The van der Waals surface area contributed by atoms with Crippen molar-refractivity contribution in [3.63, 3.8) is 0 Å². The Balaban J connectivity index is 2.07. The summed E-state index contributed by atoms with van der Waals surface area (Å²) < 4.78 is 11.0. The molecule has 3 nitrogen and oxygen atoms in total. The summed E-state index contributed by atoms with van der Waals surface area (Å²) >= 11 is 0. The van der Waals surface area contributed by atoms with Gasteiger partial charge in [-0.2, -0.15) is 0 Å². The van der Waals surface area contributed by atoms with E-state index in [1.165, 1.54) is 6.07 Å². The van der Waals surface area contributed by atoms with Crippen molar-refractivity contribution in [2.45, 2.75) is 6.61 Å². The fourth-order valence-electron chi connectivity index (χ4n) is 2.49. The highest BCUT2D eigenvalue weighted by Gasteiger charge is 2.18. The zero-order chi connectivity index (χ0) is 12.8. The fourth-order valence-corrected chi connectivity index (χ4v) is 2.49. The molecule has 1 aliphatic heterocycles. The topological polar surface area (TPSA) is 39.4 Å². The Morgan fingerprint density at radius 3 is 2.79 bits per heavy atom. The molecule has 0 saturated heterocycles. The second-order valence-corrected chi connectivity index (χ2v) is 4.59. The minimum Gasteiger partial charge on any atom is -0.488 e. The first-order valence-corrected chi connectivity index (χ1v) is 6.10. The largest absolute Gasteiger partial charge is 0.488 e. The van der Waals surface area contributed by atoms with Crippen LogP contribution in [0.4, 0.5) is 0 Å². The number of ether oxygens (including phenoxy) is 1. The van der Waals surface area contributed by atoms with Crippen molar-refractivity contribution < 1.29 is 9.15 Å². The molecule has 0 N–H and O–H groups in total. The Morgan fingerprint density at radius 2 is 1.84 bits per heavy atom. The highest BCUT2D eigenvalue weighted by Crippen LogP contribution is 2.39. The molecule has 0 spiro atoms. The molecule has 4 rings (SSSR count). The molecule has 0 radical (unpaired) electrons. The van der Waals surface area contributed by atoms with Gasteiger partial charge in [0.1, 0.15) is 17.9 Å². The summed E-state index contributed by atoms with van der Waals surface area (Å²) in [6, 6.07) is 15.1. The number of hydrogen-bond donors (Lipinski definition) is 0. The molecule has 0 atom stereocenters. The van der Waals surface area contributed by atoms with Crippen LogP contribution in [0.1, 0.15) is 5.56 Å². The van der Waals surface area contributed by atoms with Gasteiger partial charge in [0.25, 0.3) is 0 Å². The van der Waals surface area contributed by atoms with Gasteiger partial charge in [-0.15, -0.1) is 0 Å².